The van der Waals surface area contributed by atoms with E-state index in [4.69, 9.17) is 4.74 Å². The molecular weight excluding hydrogens is 396 g/mol. The Bertz CT molecular complexity index is 820. The number of hydrogen-bond acceptors (Lipinski definition) is 5. The summed E-state index contributed by atoms with van der Waals surface area (Å²) in [6.45, 7) is 7.85. The van der Waals surface area contributed by atoms with Crippen LogP contribution in [0, 0.1) is 5.92 Å². The molecular formula is C23H34N4O4. The number of likely N-dealkylation sites (N-methyl/N-ethyl adjacent to an activating group) is 1. The number of anilines is 1. The monoisotopic (exact) mass is 430 g/mol. The van der Waals surface area contributed by atoms with Crippen molar-refractivity contribution in [2.75, 3.05) is 38.5 Å². The molecule has 0 aromatic heterocycles. The lowest BCUT2D eigenvalue weighted by Crippen LogP contribution is -2.58. The van der Waals surface area contributed by atoms with Gasteiger partial charge in [-0.2, -0.15) is 0 Å². The van der Waals surface area contributed by atoms with Gasteiger partial charge in [-0.25, -0.2) is 4.79 Å². The zero-order valence-electron chi connectivity index (χ0n) is 18.9. The minimum atomic E-state index is -0.567. The van der Waals surface area contributed by atoms with E-state index < -0.39 is 11.7 Å². The Labute approximate surface area is 184 Å². The van der Waals surface area contributed by atoms with Gasteiger partial charge in [0.05, 0.1) is 6.04 Å². The smallest absolute Gasteiger partial charge is 0.407 e. The molecule has 0 unspecified atom stereocenters. The number of carbonyl (C=O) groups is 3. The summed E-state index contributed by atoms with van der Waals surface area (Å²) < 4.78 is 5.31. The van der Waals surface area contributed by atoms with Crippen LogP contribution in [0.1, 0.15) is 39.2 Å². The second-order valence-electron chi connectivity index (χ2n) is 9.47. The van der Waals surface area contributed by atoms with Crippen molar-refractivity contribution in [3.05, 3.63) is 29.8 Å². The van der Waals surface area contributed by atoms with Crippen molar-refractivity contribution in [1.82, 2.24) is 15.1 Å². The molecule has 0 saturated carbocycles. The van der Waals surface area contributed by atoms with Crippen molar-refractivity contribution in [2.45, 2.75) is 51.7 Å². The third-order valence-electron chi connectivity index (χ3n) is 5.71. The zero-order valence-corrected chi connectivity index (χ0v) is 18.9. The molecule has 1 aromatic rings. The number of hydrogen-bond donors (Lipinski definition) is 2. The molecule has 8 nitrogen and oxygen atoms in total. The van der Waals surface area contributed by atoms with E-state index in [9.17, 15) is 14.4 Å². The summed E-state index contributed by atoms with van der Waals surface area (Å²) in [7, 11) is 2.01. The van der Waals surface area contributed by atoms with Crippen LogP contribution in [-0.2, 0) is 20.7 Å². The van der Waals surface area contributed by atoms with Crippen LogP contribution in [0.25, 0.3) is 0 Å². The molecule has 2 N–H and O–H groups in total. The van der Waals surface area contributed by atoms with Crippen LogP contribution in [0.3, 0.4) is 0 Å². The fraction of sp³-hybridized carbons (Fsp3) is 0.609. The Morgan fingerprint density at radius 2 is 1.97 bits per heavy atom. The lowest BCUT2D eigenvalue weighted by molar-refractivity contribution is -0.136. The van der Waals surface area contributed by atoms with Gasteiger partial charge in [-0.05, 0) is 52.3 Å². The lowest BCUT2D eigenvalue weighted by Gasteiger charge is -2.40. The van der Waals surface area contributed by atoms with Crippen LogP contribution >= 0.6 is 0 Å². The minimum Gasteiger partial charge on any atom is -0.444 e. The number of alkyl carbamates (subject to hydrolysis) is 1. The average molecular weight is 431 g/mol. The normalized spacial score (nSPS) is 21.8. The number of piperazine rings is 1. The van der Waals surface area contributed by atoms with Gasteiger partial charge in [-0.15, -0.1) is 0 Å². The van der Waals surface area contributed by atoms with Gasteiger partial charge in [0.1, 0.15) is 5.60 Å². The van der Waals surface area contributed by atoms with Gasteiger partial charge in [-0.3, -0.25) is 9.59 Å². The highest BCUT2D eigenvalue weighted by molar-refractivity contribution is 5.96. The molecule has 1 saturated heterocycles. The highest BCUT2D eigenvalue weighted by Crippen LogP contribution is 2.28. The van der Waals surface area contributed by atoms with Crippen LogP contribution in [-0.4, -0.2) is 72.6 Å². The number of ether oxygens (including phenoxy) is 1. The van der Waals surface area contributed by atoms with Gasteiger partial charge in [0.15, 0.2) is 0 Å². The molecule has 31 heavy (non-hydrogen) atoms. The lowest BCUT2D eigenvalue weighted by atomic mass is 9.89. The molecule has 2 aliphatic rings. The van der Waals surface area contributed by atoms with E-state index in [0.29, 0.717) is 38.9 Å². The van der Waals surface area contributed by atoms with E-state index >= 15 is 0 Å². The molecule has 1 aromatic carbocycles. The van der Waals surface area contributed by atoms with Crippen LogP contribution in [0.4, 0.5) is 10.5 Å². The maximum Gasteiger partial charge on any atom is 0.407 e. The third kappa shape index (κ3) is 6.43. The molecule has 0 radical (unpaired) electrons. The summed E-state index contributed by atoms with van der Waals surface area (Å²) in [6, 6.07) is 7.66. The Balaban J connectivity index is 1.55. The molecule has 0 spiro atoms. The summed E-state index contributed by atoms with van der Waals surface area (Å²) >= 11 is 0. The molecule has 0 bridgehead atoms. The van der Waals surface area contributed by atoms with E-state index in [2.05, 4.69) is 15.5 Å². The van der Waals surface area contributed by atoms with Crippen LogP contribution in [0.5, 0.6) is 0 Å². The van der Waals surface area contributed by atoms with Crippen molar-refractivity contribution in [2.24, 2.45) is 5.92 Å². The second-order valence-corrected chi connectivity index (χ2v) is 9.47. The molecule has 2 atom stereocenters. The average Bonchev–Trinajstić information content (AvgIpc) is 2.69. The highest BCUT2D eigenvalue weighted by Gasteiger charge is 2.32. The quantitative estimate of drug-likeness (QED) is 0.748. The largest absolute Gasteiger partial charge is 0.444 e. The number of carbonyl (C=O) groups excluding carboxylic acids is 3. The Hall–Kier alpha value is -2.61. The maximum atomic E-state index is 13.0. The molecule has 8 heteroatoms. The van der Waals surface area contributed by atoms with Crippen LogP contribution in [0.2, 0.25) is 0 Å². The Morgan fingerprint density at radius 1 is 1.23 bits per heavy atom. The highest BCUT2D eigenvalue weighted by atomic mass is 16.6. The third-order valence-corrected chi connectivity index (χ3v) is 5.71. The van der Waals surface area contributed by atoms with Crippen molar-refractivity contribution < 1.29 is 19.1 Å². The van der Waals surface area contributed by atoms with Crippen LogP contribution < -0.4 is 10.6 Å². The van der Waals surface area contributed by atoms with E-state index in [-0.39, 0.29) is 23.8 Å². The second kappa shape index (κ2) is 9.68. The number of fused-ring (bicyclic) bond motifs is 1. The fourth-order valence-corrected chi connectivity index (χ4v) is 4.12. The SMILES string of the molecule is CN1CCN(C(=O)CC[C@@H]2Cc3ccccc3NC2=O)[C@@H](CNC(=O)OC(C)(C)C)C1. The molecule has 2 heterocycles. The van der Waals surface area contributed by atoms with Gasteiger partial charge in [0.2, 0.25) is 11.8 Å². The molecule has 0 aliphatic carbocycles. The first-order valence-electron chi connectivity index (χ1n) is 11.0. The first-order valence-corrected chi connectivity index (χ1v) is 11.0. The predicted molar refractivity (Wildman–Crippen MR) is 119 cm³/mol. The zero-order chi connectivity index (χ0) is 22.6. The molecule has 170 valence electrons. The van der Waals surface area contributed by atoms with Crippen molar-refractivity contribution in [1.29, 1.82) is 0 Å². The van der Waals surface area contributed by atoms with E-state index in [0.717, 1.165) is 17.8 Å². The Morgan fingerprint density at radius 3 is 2.71 bits per heavy atom. The van der Waals surface area contributed by atoms with E-state index in [1.165, 1.54) is 0 Å². The summed E-state index contributed by atoms with van der Waals surface area (Å²) in [5, 5.41) is 5.74. The number of para-hydroxylation sites is 1. The molecule has 3 rings (SSSR count). The number of nitrogens with one attached hydrogen (secondary N) is 2. The van der Waals surface area contributed by atoms with Crippen LogP contribution in [0.15, 0.2) is 24.3 Å². The molecule has 2 aliphatic heterocycles. The van der Waals surface area contributed by atoms with Crippen molar-refractivity contribution in [3.8, 4) is 0 Å². The topological polar surface area (TPSA) is 91.0 Å². The Kier molecular flexibility index (Phi) is 7.20. The van der Waals surface area contributed by atoms with Gasteiger partial charge in [0.25, 0.3) is 0 Å². The summed E-state index contributed by atoms with van der Waals surface area (Å²) in [5.74, 6) is -0.201. The number of amides is 3. The van der Waals surface area contributed by atoms with Crippen molar-refractivity contribution in [3.63, 3.8) is 0 Å². The summed E-state index contributed by atoms with van der Waals surface area (Å²) in [4.78, 5) is 41.5. The van der Waals surface area contributed by atoms with E-state index in [1.807, 2.05) is 57.0 Å². The minimum absolute atomic E-state index is 0.0204. The number of rotatable bonds is 5. The van der Waals surface area contributed by atoms with Gasteiger partial charge in [-0.1, -0.05) is 18.2 Å². The van der Waals surface area contributed by atoms with Gasteiger partial charge >= 0.3 is 6.09 Å². The van der Waals surface area contributed by atoms with E-state index in [1.54, 1.807) is 0 Å². The van der Waals surface area contributed by atoms with Crippen molar-refractivity contribution >= 4 is 23.6 Å². The number of nitrogens with zero attached hydrogens (tertiary/aromatic N) is 2. The number of benzene rings is 1. The fourth-order valence-electron chi connectivity index (χ4n) is 4.12. The van der Waals surface area contributed by atoms with Gasteiger partial charge in [0, 0.05) is 44.2 Å². The summed E-state index contributed by atoms with van der Waals surface area (Å²) in [6.07, 6.45) is 0.997. The summed E-state index contributed by atoms with van der Waals surface area (Å²) in [5.41, 5.74) is 1.41. The standard InChI is InChI=1S/C23H34N4O4/c1-23(2,3)31-22(30)24-14-18-15-26(4)11-12-27(18)20(28)10-9-17-13-16-7-5-6-8-19(16)25-21(17)29/h5-8,17-18H,9-15H2,1-4H3,(H,24,30)(H,25,29)/t17-,18+/m1/s1. The maximum absolute atomic E-state index is 13.0. The predicted octanol–water partition coefficient (Wildman–Crippen LogP) is 2.24. The molecule has 1 fully saturated rings. The first-order chi connectivity index (χ1) is 14.6. The first kappa shape index (κ1) is 23.1. The van der Waals surface area contributed by atoms with Gasteiger partial charge < -0.3 is 25.2 Å². The molecule has 3 amide bonds.